The quantitative estimate of drug-likeness (QED) is 0.863. The summed E-state index contributed by atoms with van der Waals surface area (Å²) in [6.45, 7) is 7.90. The molecule has 0 amide bonds. The lowest BCUT2D eigenvalue weighted by Gasteiger charge is -2.38. The van der Waals surface area contributed by atoms with E-state index in [9.17, 15) is 4.79 Å². The number of aliphatic carboxylic acids is 1. The second kappa shape index (κ2) is 5.23. The van der Waals surface area contributed by atoms with E-state index in [4.69, 9.17) is 5.11 Å². The molecular weight excluding hydrogens is 218 g/mol. The zero-order valence-electron chi connectivity index (χ0n) is 10.7. The average Bonchev–Trinajstić information content (AvgIpc) is 2.24. The predicted molar refractivity (Wildman–Crippen MR) is 64.5 cm³/mol. The second-order valence-corrected chi connectivity index (χ2v) is 5.00. The number of aromatic nitrogens is 2. The molecule has 1 rings (SSSR count). The van der Waals surface area contributed by atoms with Crippen LogP contribution in [0.2, 0.25) is 0 Å². The third kappa shape index (κ3) is 3.78. The van der Waals surface area contributed by atoms with E-state index in [2.05, 4.69) is 9.97 Å². The molecule has 0 spiro atoms. The van der Waals surface area contributed by atoms with Gasteiger partial charge in [-0.1, -0.05) is 0 Å². The van der Waals surface area contributed by atoms with Gasteiger partial charge in [0.25, 0.3) is 0 Å². The number of hydrogen-bond donors (Lipinski definition) is 1. The lowest BCUT2D eigenvalue weighted by molar-refractivity contribution is -0.140. The third-order valence-corrected chi connectivity index (χ3v) is 2.65. The Morgan fingerprint density at radius 3 is 2.53 bits per heavy atom. The zero-order valence-corrected chi connectivity index (χ0v) is 10.7. The lowest BCUT2D eigenvalue weighted by Crippen LogP contribution is -2.46. The molecule has 5 heteroatoms. The van der Waals surface area contributed by atoms with Crippen molar-refractivity contribution >= 4 is 5.97 Å². The summed E-state index contributed by atoms with van der Waals surface area (Å²) in [6.07, 6.45) is 4.90. The standard InChI is InChI=1S/C12H19N3O2/c1-9(10-7-13-5-6-14-10)15(8-11(16)17)12(2,3)4/h5-7,9H,8H2,1-4H3,(H,16,17). The first kappa shape index (κ1) is 13.6. The smallest absolute Gasteiger partial charge is 0.317 e. The number of rotatable bonds is 4. The minimum atomic E-state index is -0.837. The molecule has 1 N–H and O–H groups in total. The second-order valence-electron chi connectivity index (χ2n) is 5.00. The topological polar surface area (TPSA) is 66.3 Å². The molecular formula is C12H19N3O2. The molecule has 5 nitrogen and oxygen atoms in total. The molecule has 0 aromatic carbocycles. The maximum Gasteiger partial charge on any atom is 0.317 e. The van der Waals surface area contributed by atoms with Crippen LogP contribution >= 0.6 is 0 Å². The number of carboxylic acid groups (broad SMARTS) is 1. The van der Waals surface area contributed by atoms with Crippen molar-refractivity contribution in [1.82, 2.24) is 14.9 Å². The highest BCUT2D eigenvalue weighted by Gasteiger charge is 2.29. The number of hydrogen-bond acceptors (Lipinski definition) is 4. The minimum absolute atomic E-state index is 0.0127. The van der Waals surface area contributed by atoms with Crippen molar-refractivity contribution in [3.63, 3.8) is 0 Å². The molecule has 0 aliphatic rings. The molecule has 94 valence electrons. The Labute approximate surface area is 102 Å². The van der Waals surface area contributed by atoms with Crippen LogP contribution in [0, 0.1) is 0 Å². The Hall–Kier alpha value is -1.49. The van der Waals surface area contributed by atoms with E-state index >= 15 is 0 Å². The third-order valence-electron chi connectivity index (χ3n) is 2.65. The fraction of sp³-hybridized carbons (Fsp3) is 0.583. The summed E-state index contributed by atoms with van der Waals surface area (Å²) in [7, 11) is 0. The summed E-state index contributed by atoms with van der Waals surface area (Å²) in [5.41, 5.74) is 0.540. The molecule has 1 unspecified atom stereocenters. The Bertz CT molecular complexity index is 373. The Kier molecular flexibility index (Phi) is 4.17. The monoisotopic (exact) mass is 237 g/mol. The van der Waals surface area contributed by atoms with E-state index in [1.165, 1.54) is 0 Å². The van der Waals surface area contributed by atoms with Crippen molar-refractivity contribution in [2.24, 2.45) is 0 Å². The zero-order chi connectivity index (χ0) is 13.1. The van der Waals surface area contributed by atoms with Gasteiger partial charge >= 0.3 is 5.97 Å². The van der Waals surface area contributed by atoms with E-state index < -0.39 is 5.97 Å². The van der Waals surface area contributed by atoms with Crippen LogP contribution < -0.4 is 0 Å². The van der Waals surface area contributed by atoms with Crippen LogP contribution in [0.15, 0.2) is 18.6 Å². The first-order valence-electron chi connectivity index (χ1n) is 5.57. The van der Waals surface area contributed by atoms with Gasteiger partial charge in [0.1, 0.15) is 0 Å². The summed E-state index contributed by atoms with van der Waals surface area (Å²) in [5.74, 6) is -0.837. The van der Waals surface area contributed by atoms with E-state index in [1.54, 1.807) is 18.6 Å². The fourth-order valence-electron chi connectivity index (χ4n) is 1.79. The summed E-state index contributed by atoms with van der Waals surface area (Å²) < 4.78 is 0. The highest BCUT2D eigenvalue weighted by molar-refractivity contribution is 5.69. The lowest BCUT2D eigenvalue weighted by atomic mass is 10.0. The predicted octanol–water partition coefficient (Wildman–Crippen LogP) is 1.72. The Balaban J connectivity index is 2.95. The normalized spacial score (nSPS) is 13.7. The van der Waals surface area contributed by atoms with Crippen LogP contribution in [-0.4, -0.2) is 38.0 Å². The van der Waals surface area contributed by atoms with Gasteiger partial charge in [0.2, 0.25) is 0 Å². The van der Waals surface area contributed by atoms with Crippen molar-refractivity contribution < 1.29 is 9.90 Å². The van der Waals surface area contributed by atoms with Crippen LogP contribution in [0.4, 0.5) is 0 Å². The molecule has 17 heavy (non-hydrogen) atoms. The molecule has 0 saturated carbocycles. The van der Waals surface area contributed by atoms with Crippen molar-refractivity contribution in [2.45, 2.75) is 39.3 Å². The van der Waals surface area contributed by atoms with E-state index in [1.807, 2.05) is 32.6 Å². The molecule has 0 radical (unpaired) electrons. The molecule has 0 bridgehead atoms. The minimum Gasteiger partial charge on any atom is -0.480 e. The van der Waals surface area contributed by atoms with Gasteiger partial charge in [-0.2, -0.15) is 0 Å². The van der Waals surface area contributed by atoms with Crippen LogP contribution in [0.1, 0.15) is 39.4 Å². The van der Waals surface area contributed by atoms with Gasteiger partial charge in [-0.25, -0.2) is 0 Å². The molecule has 1 aromatic heterocycles. The van der Waals surface area contributed by atoms with Gasteiger partial charge in [-0.05, 0) is 27.7 Å². The van der Waals surface area contributed by atoms with Crippen molar-refractivity contribution in [3.8, 4) is 0 Å². The Morgan fingerprint density at radius 2 is 2.12 bits per heavy atom. The fourth-order valence-corrected chi connectivity index (χ4v) is 1.79. The summed E-state index contributed by atoms with van der Waals surface area (Å²) >= 11 is 0. The maximum atomic E-state index is 10.9. The van der Waals surface area contributed by atoms with Crippen molar-refractivity contribution in [3.05, 3.63) is 24.3 Å². The van der Waals surface area contributed by atoms with Gasteiger partial charge in [0, 0.05) is 24.1 Å². The SMILES string of the molecule is CC(c1cnccn1)N(CC(=O)O)C(C)(C)C. The highest BCUT2D eigenvalue weighted by atomic mass is 16.4. The molecule has 0 aliphatic heterocycles. The van der Waals surface area contributed by atoms with Gasteiger partial charge in [0.05, 0.1) is 18.3 Å². The summed E-state index contributed by atoms with van der Waals surface area (Å²) in [5, 5.41) is 8.97. The maximum absolute atomic E-state index is 10.9. The van der Waals surface area contributed by atoms with Crippen LogP contribution in [0.3, 0.4) is 0 Å². The highest BCUT2D eigenvalue weighted by Crippen LogP contribution is 2.25. The molecule has 1 aromatic rings. The number of nitrogens with zero attached hydrogens (tertiary/aromatic N) is 3. The number of carboxylic acids is 1. The van der Waals surface area contributed by atoms with E-state index in [-0.39, 0.29) is 18.1 Å². The van der Waals surface area contributed by atoms with Crippen LogP contribution in [0.25, 0.3) is 0 Å². The molecule has 0 fully saturated rings. The van der Waals surface area contributed by atoms with Gasteiger partial charge in [-0.3, -0.25) is 19.7 Å². The van der Waals surface area contributed by atoms with Crippen LogP contribution in [0.5, 0.6) is 0 Å². The molecule has 0 aliphatic carbocycles. The van der Waals surface area contributed by atoms with E-state index in [0.29, 0.717) is 0 Å². The Morgan fingerprint density at radius 1 is 1.47 bits per heavy atom. The molecule has 1 heterocycles. The van der Waals surface area contributed by atoms with Gasteiger partial charge in [0.15, 0.2) is 0 Å². The summed E-state index contributed by atoms with van der Waals surface area (Å²) in [6, 6.07) is -0.0835. The van der Waals surface area contributed by atoms with Crippen LogP contribution in [-0.2, 0) is 4.79 Å². The van der Waals surface area contributed by atoms with Gasteiger partial charge in [-0.15, -0.1) is 0 Å². The largest absolute Gasteiger partial charge is 0.480 e. The summed E-state index contributed by atoms with van der Waals surface area (Å²) in [4.78, 5) is 21.0. The molecule has 0 saturated heterocycles. The first-order valence-corrected chi connectivity index (χ1v) is 5.57. The van der Waals surface area contributed by atoms with Gasteiger partial charge < -0.3 is 5.11 Å². The molecule has 1 atom stereocenters. The number of carbonyl (C=O) groups is 1. The average molecular weight is 237 g/mol. The van der Waals surface area contributed by atoms with Crippen molar-refractivity contribution in [1.29, 1.82) is 0 Å². The van der Waals surface area contributed by atoms with Crippen molar-refractivity contribution in [2.75, 3.05) is 6.54 Å². The van der Waals surface area contributed by atoms with E-state index in [0.717, 1.165) is 5.69 Å². The first-order chi connectivity index (χ1) is 7.82.